The van der Waals surface area contributed by atoms with Crippen LogP contribution in [0.2, 0.25) is 0 Å². The van der Waals surface area contributed by atoms with Crippen LogP contribution in [0, 0.1) is 5.82 Å². The Morgan fingerprint density at radius 1 is 1.11 bits per heavy atom. The first-order valence-corrected chi connectivity index (χ1v) is 9.46. The average Bonchev–Trinajstić information content (AvgIpc) is 3.11. The third-order valence-electron chi connectivity index (χ3n) is 4.79. The van der Waals surface area contributed by atoms with Gasteiger partial charge in [0, 0.05) is 37.9 Å². The molecular weight excluding hydrogens is 359 g/mol. The Morgan fingerprint density at radius 3 is 2.50 bits per heavy atom. The zero-order valence-corrected chi connectivity index (χ0v) is 16.0. The summed E-state index contributed by atoms with van der Waals surface area (Å²) in [5.74, 6) is 0.589. The SMILES string of the molecule is CC(C)Oc1ccc(N2CCN(C(=O)c3nc4cc(F)ccc4[nH]3)CC2)cc1. The Labute approximate surface area is 162 Å². The highest BCUT2D eigenvalue weighted by Gasteiger charge is 2.24. The third kappa shape index (κ3) is 3.78. The molecule has 0 spiro atoms. The van der Waals surface area contributed by atoms with Crippen LogP contribution >= 0.6 is 0 Å². The van der Waals surface area contributed by atoms with Crippen molar-refractivity contribution >= 4 is 22.6 Å². The molecule has 3 aromatic rings. The Bertz CT molecular complexity index is 976. The van der Waals surface area contributed by atoms with Crippen molar-refractivity contribution in [2.24, 2.45) is 0 Å². The summed E-state index contributed by atoms with van der Waals surface area (Å²) in [6.45, 7) is 6.70. The highest BCUT2D eigenvalue weighted by molar-refractivity contribution is 5.94. The lowest BCUT2D eigenvalue weighted by Crippen LogP contribution is -2.49. The zero-order chi connectivity index (χ0) is 19.7. The topological polar surface area (TPSA) is 61.5 Å². The number of rotatable bonds is 4. The van der Waals surface area contributed by atoms with E-state index in [1.54, 1.807) is 11.0 Å². The van der Waals surface area contributed by atoms with Crippen LogP contribution in [0.3, 0.4) is 0 Å². The predicted octanol–water partition coefficient (Wildman–Crippen LogP) is 3.45. The maximum Gasteiger partial charge on any atom is 0.289 e. The number of fused-ring (bicyclic) bond motifs is 1. The molecule has 1 aliphatic heterocycles. The summed E-state index contributed by atoms with van der Waals surface area (Å²) in [5.41, 5.74) is 2.24. The summed E-state index contributed by atoms with van der Waals surface area (Å²) in [7, 11) is 0. The van der Waals surface area contributed by atoms with Crippen LogP contribution in [0.15, 0.2) is 42.5 Å². The van der Waals surface area contributed by atoms with Gasteiger partial charge in [-0.3, -0.25) is 4.79 Å². The number of halogens is 1. The van der Waals surface area contributed by atoms with Gasteiger partial charge in [-0.05, 0) is 50.2 Å². The maximum absolute atomic E-state index is 13.3. The summed E-state index contributed by atoms with van der Waals surface area (Å²) in [5, 5.41) is 0. The zero-order valence-electron chi connectivity index (χ0n) is 16.0. The van der Waals surface area contributed by atoms with Crippen LogP contribution in [0.5, 0.6) is 5.75 Å². The van der Waals surface area contributed by atoms with Crippen LogP contribution < -0.4 is 9.64 Å². The van der Waals surface area contributed by atoms with Crippen molar-refractivity contribution in [3.05, 3.63) is 54.1 Å². The van der Waals surface area contributed by atoms with Crippen molar-refractivity contribution in [1.29, 1.82) is 0 Å². The number of anilines is 1. The van der Waals surface area contributed by atoms with Gasteiger partial charge < -0.3 is 19.5 Å². The molecule has 1 aliphatic rings. The van der Waals surface area contributed by atoms with Crippen LogP contribution in [-0.2, 0) is 0 Å². The number of amides is 1. The fourth-order valence-electron chi connectivity index (χ4n) is 3.41. The summed E-state index contributed by atoms with van der Waals surface area (Å²) in [6.07, 6.45) is 0.148. The molecule has 1 fully saturated rings. The molecule has 6 nitrogen and oxygen atoms in total. The number of nitrogens with one attached hydrogen (secondary N) is 1. The number of ether oxygens (including phenoxy) is 1. The fraction of sp³-hybridized carbons (Fsp3) is 0.333. The first-order valence-electron chi connectivity index (χ1n) is 9.46. The number of aromatic amines is 1. The van der Waals surface area contributed by atoms with E-state index in [1.807, 2.05) is 38.1 Å². The molecule has 1 N–H and O–H groups in total. The number of nitrogens with zero attached hydrogens (tertiary/aromatic N) is 3. The monoisotopic (exact) mass is 382 g/mol. The molecule has 0 aliphatic carbocycles. The molecule has 1 saturated heterocycles. The van der Waals surface area contributed by atoms with E-state index in [2.05, 4.69) is 14.9 Å². The van der Waals surface area contributed by atoms with Gasteiger partial charge in [0.15, 0.2) is 5.82 Å². The van der Waals surface area contributed by atoms with Gasteiger partial charge in [-0.15, -0.1) is 0 Å². The second-order valence-electron chi connectivity index (χ2n) is 7.19. The molecule has 2 heterocycles. The number of carbonyl (C=O) groups is 1. The van der Waals surface area contributed by atoms with Gasteiger partial charge in [0.25, 0.3) is 5.91 Å². The number of hydrogen-bond acceptors (Lipinski definition) is 4. The minimum absolute atomic E-state index is 0.148. The van der Waals surface area contributed by atoms with E-state index in [-0.39, 0.29) is 23.7 Å². The van der Waals surface area contributed by atoms with Crippen molar-refractivity contribution in [2.75, 3.05) is 31.1 Å². The van der Waals surface area contributed by atoms with Crippen LogP contribution in [-0.4, -0.2) is 53.1 Å². The highest BCUT2D eigenvalue weighted by Crippen LogP contribution is 2.22. The summed E-state index contributed by atoms with van der Waals surface area (Å²) in [6, 6.07) is 12.3. The number of aromatic nitrogens is 2. The van der Waals surface area contributed by atoms with E-state index < -0.39 is 0 Å². The van der Waals surface area contributed by atoms with Gasteiger partial charge in [-0.2, -0.15) is 0 Å². The van der Waals surface area contributed by atoms with Crippen molar-refractivity contribution in [2.45, 2.75) is 20.0 Å². The second-order valence-corrected chi connectivity index (χ2v) is 7.19. The largest absolute Gasteiger partial charge is 0.491 e. The molecular formula is C21H23FN4O2. The second kappa shape index (κ2) is 7.50. The molecule has 0 unspecified atom stereocenters. The molecule has 0 atom stereocenters. The first kappa shape index (κ1) is 18.3. The molecule has 1 amide bonds. The van der Waals surface area contributed by atoms with Crippen molar-refractivity contribution in [1.82, 2.24) is 14.9 Å². The van der Waals surface area contributed by atoms with Crippen molar-refractivity contribution in [3.63, 3.8) is 0 Å². The number of hydrogen-bond donors (Lipinski definition) is 1. The van der Waals surface area contributed by atoms with E-state index in [0.717, 1.165) is 24.5 Å². The quantitative estimate of drug-likeness (QED) is 0.751. The standard InChI is InChI=1S/C21H23FN4O2/c1-14(2)28-17-6-4-16(5-7-17)25-9-11-26(12-10-25)21(27)20-23-18-8-3-15(22)13-19(18)24-20/h3-8,13-14H,9-12H2,1-2H3,(H,23,24). The smallest absolute Gasteiger partial charge is 0.289 e. The first-order chi connectivity index (χ1) is 13.5. The molecule has 7 heteroatoms. The van der Waals surface area contributed by atoms with Gasteiger partial charge in [-0.25, -0.2) is 9.37 Å². The van der Waals surface area contributed by atoms with Crippen LogP contribution in [0.4, 0.5) is 10.1 Å². The Kier molecular flexibility index (Phi) is 4.90. The highest BCUT2D eigenvalue weighted by atomic mass is 19.1. The van der Waals surface area contributed by atoms with E-state index in [1.165, 1.54) is 12.1 Å². The van der Waals surface area contributed by atoms with E-state index in [0.29, 0.717) is 24.1 Å². The molecule has 2 aromatic carbocycles. The van der Waals surface area contributed by atoms with E-state index in [4.69, 9.17) is 4.74 Å². The van der Waals surface area contributed by atoms with Gasteiger partial charge in [0.2, 0.25) is 0 Å². The lowest BCUT2D eigenvalue weighted by molar-refractivity contribution is 0.0736. The fourth-order valence-corrected chi connectivity index (χ4v) is 3.41. The molecule has 28 heavy (non-hydrogen) atoms. The Balaban J connectivity index is 1.39. The maximum atomic E-state index is 13.3. The lowest BCUT2D eigenvalue weighted by atomic mass is 10.2. The van der Waals surface area contributed by atoms with Gasteiger partial charge >= 0.3 is 0 Å². The number of benzene rings is 2. The number of imidazole rings is 1. The van der Waals surface area contributed by atoms with Crippen molar-refractivity contribution < 1.29 is 13.9 Å². The summed E-state index contributed by atoms with van der Waals surface area (Å²) < 4.78 is 19.0. The van der Waals surface area contributed by atoms with Gasteiger partial charge in [0.1, 0.15) is 11.6 Å². The summed E-state index contributed by atoms with van der Waals surface area (Å²) in [4.78, 5) is 24.0. The number of H-pyrrole nitrogens is 1. The Hall–Kier alpha value is -3.09. The molecule has 0 bridgehead atoms. The van der Waals surface area contributed by atoms with E-state index in [9.17, 15) is 9.18 Å². The van der Waals surface area contributed by atoms with Crippen molar-refractivity contribution in [3.8, 4) is 5.75 Å². The number of carbonyl (C=O) groups excluding carboxylic acids is 1. The van der Waals surface area contributed by atoms with Crippen LogP contribution in [0.1, 0.15) is 24.5 Å². The lowest BCUT2D eigenvalue weighted by Gasteiger charge is -2.35. The van der Waals surface area contributed by atoms with Crippen LogP contribution in [0.25, 0.3) is 11.0 Å². The normalized spacial score (nSPS) is 14.7. The van der Waals surface area contributed by atoms with Gasteiger partial charge in [-0.1, -0.05) is 0 Å². The number of piperazine rings is 1. The Morgan fingerprint density at radius 2 is 1.82 bits per heavy atom. The van der Waals surface area contributed by atoms with Gasteiger partial charge in [0.05, 0.1) is 17.1 Å². The molecule has 146 valence electrons. The third-order valence-corrected chi connectivity index (χ3v) is 4.79. The summed E-state index contributed by atoms with van der Waals surface area (Å²) >= 11 is 0. The minimum atomic E-state index is -0.364. The molecule has 4 rings (SSSR count). The molecule has 0 radical (unpaired) electrons. The molecule has 1 aromatic heterocycles. The average molecular weight is 382 g/mol. The molecule has 0 saturated carbocycles. The minimum Gasteiger partial charge on any atom is -0.491 e. The van der Waals surface area contributed by atoms with E-state index >= 15 is 0 Å². The predicted molar refractivity (Wildman–Crippen MR) is 106 cm³/mol.